The van der Waals surface area contributed by atoms with Crippen LogP contribution in [0.25, 0.3) is 0 Å². The van der Waals surface area contributed by atoms with Crippen LogP contribution >= 0.6 is 37.2 Å². The number of rotatable bonds is 6. The van der Waals surface area contributed by atoms with Gasteiger partial charge in [-0.05, 0) is 71.1 Å². The molecule has 0 atom stereocenters. The Labute approximate surface area is 294 Å². The molecule has 38 heavy (non-hydrogen) atoms. The number of hydrogen-bond donors (Lipinski definition) is 1. The molecule has 2 aliphatic rings. The van der Waals surface area contributed by atoms with Crippen LogP contribution in [0.15, 0.2) is 12.2 Å². The molecule has 2 saturated carbocycles. The molecule has 0 heterocycles. The summed E-state index contributed by atoms with van der Waals surface area (Å²) in [4.78, 5) is 0. The third-order valence-electron chi connectivity index (χ3n) is 5.37. The van der Waals surface area contributed by atoms with Gasteiger partial charge in [-0.1, -0.05) is 86.6 Å². The zero-order chi connectivity index (χ0) is 29.4. The molecule has 2 fully saturated rings. The van der Waals surface area contributed by atoms with Crippen molar-refractivity contribution in [1.82, 2.24) is 0 Å². The molecule has 2 aliphatic carbocycles. The van der Waals surface area contributed by atoms with E-state index in [1.807, 2.05) is 6.92 Å². The summed E-state index contributed by atoms with van der Waals surface area (Å²) in [7, 11) is 0. The minimum Gasteiger partial charge on any atom is -0.396 e. The molecule has 1 N–H and O–H groups in total. The Kier molecular flexibility index (Phi) is 45.3. The van der Waals surface area contributed by atoms with E-state index in [1.54, 1.807) is 0 Å². The van der Waals surface area contributed by atoms with Gasteiger partial charge in [0.05, 0.1) is 12.2 Å². The molecule has 0 radical (unpaired) electrons. The van der Waals surface area contributed by atoms with Gasteiger partial charge < -0.3 is 23.7 Å². The van der Waals surface area contributed by atoms with Gasteiger partial charge in [0.25, 0.3) is 0 Å². The SMILES string of the molecule is C=C(C)CC.CCC(C)(C)OCC1CCCC1.II.OCC1CCCC1.[CH2-]C(C)(C)C.[CH2-]C(C)(C)C.[W].[W]. The van der Waals surface area contributed by atoms with Crippen molar-refractivity contribution in [2.24, 2.45) is 22.7 Å². The second-order valence-electron chi connectivity index (χ2n) is 13.3. The summed E-state index contributed by atoms with van der Waals surface area (Å²) in [6.07, 6.45) is 13.0. The van der Waals surface area contributed by atoms with Crippen LogP contribution in [-0.4, -0.2) is 23.9 Å². The topological polar surface area (TPSA) is 29.5 Å². The fourth-order valence-electron chi connectivity index (χ4n) is 2.82. The first-order valence-electron chi connectivity index (χ1n) is 14.1. The van der Waals surface area contributed by atoms with E-state index in [0.29, 0.717) is 12.5 Å². The van der Waals surface area contributed by atoms with Crippen molar-refractivity contribution in [2.45, 2.75) is 146 Å². The van der Waals surface area contributed by atoms with Gasteiger partial charge in [-0.2, -0.15) is 10.8 Å². The first-order valence-corrected chi connectivity index (χ1v) is 20.4. The van der Waals surface area contributed by atoms with Crippen molar-refractivity contribution >= 4 is 37.2 Å². The van der Waals surface area contributed by atoms with Crippen molar-refractivity contribution in [2.75, 3.05) is 13.2 Å². The molecular weight excluding hydrogens is 1040 g/mol. The van der Waals surface area contributed by atoms with E-state index in [2.05, 4.69) is 127 Å². The number of aliphatic hydroxyl groups is 1. The Balaban J connectivity index is -0.0000000863. The summed E-state index contributed by atoms with van der Waals surface area (Å²) in [5, 5.41) is 8.57. The fraction of sp³-hybridized carbons (Fsp3) is 0.875. The number of hydrogen-bond acceptors (Lipinski definition) is 2. The largest absolute Gasteiger partial charge is 0.396 e. The van der Waals surface area contributed by atoms with Crippen molar-refractivity contribution in [3.63, 3.8) is 0 Å². The van der Waals surface area contributed by atoms with Gasteiger partial charge in [0.1, 0.15) is 0 Å². The minimum absolute atomic E-state index is 0. The molecule has 0 amide bonds. The average Bonchev–Trinajstić information content (AvgIpc) is 3.46. The van der Waals surface area contributed by atoms with Gasteiger partial charge in [0.15, 0.2) is 0 Å². The standard InChI is InChI=1S/C11H22O.C6H12O.2C5H11.C5H10.I2.2W/c1-4-11(2,3)12-9-10-7-5-6-8-10;7-5-6-3-1-2-4-6;2*1-5(2,3)4;1-4-5(2)3;1-2;;/h10H,4-9H2,1-3H3;6-7H,1-5H2;2*1H2,2-4H3;2,4H2,1,3H3;;;/q;;2*-1;;;;. The number of ether oxygens (including phenoxy) is 1. The van der Waals surface area contributed by atoms with E-state index in [9.17, 15) is 0 Å². The Bertz CT molecular complexity index is 437. The maximum atomic E-state index is 8.57. The molecule has 0 saturated heterocycles. The number of halogens is 2. The number of allylic oxidation sites excluding steroid dienone is 1. The zero-order valence-corrected chi connectivity index (χ0v) is 37.4. The van der Waals surface area contributed by atoms with Crippen LogP contribution in [0.5, 0.6) is 0 Å². The van der Waals surface area contributed by atoms with Gasteiger partial charge in [-0.25, -0.2) is 0 Å². The molecule has 234 valence electrons. The van der Waals surface area contributed by atoms with Crippen LogP contribution in [0.4, 0.5) is 0 Å². The van der Waals surface area contributed by atoms with Crippen molar-refractivity contribution in [3.8, 4) is 0 Å². The summed E-state index contributed by atoms with van der Waals surface area (Å²) >= 11 is 4.24. The van der Waals surface area contributed by atoms with Crippen molar-refractivity contribution in [1.29, 1.82) is 0 Å². The van der Waals surface area contributed by atoms with Crippen LogP contribution in [0.3, 0.4) is 0 Å². The Morgan fingerprint density at radius 3 is 1.24 bits per heavy atom. The smallest absolute Gasteiger partial charge is 0.0624 e. The molecule has 0 aromatic heterocycles. The van der Waals surface area contributed by atoms with Crippen LogP contribution < -0.4 is 0 Å². The third-order valence-corrected chi connectivity index (χ3v) is 5.37. The zero-order valence-electron chi connectivity index (χ0n) is 27.2. The average molecular weight is 1100 g/mol. The molecule has 6 heteroatoms. The van der Waals surface area contributed by atoms with E-state index in [-0.39, 0.29) is 58.6 Å². The molecular formula is C32H66I2O2W2-2. The maximum Gasteiger partial charge on any atom is 0.0624 e. The number of aliphatic hydroxyl groups excluding tert-OH is 1. The third kappa shape index (κ3) is 62.2. The van der Waals surface area contributed by atoms with E-state index >= 15 is 0 Å². The van der Waals surface area contributed by atoms with E-state index in [0.717, 1.165) is 25.4 Å². The quantitative estimate of drug-likeness (QED) is 0.163. The normalized spacial score (nSPS) is 15.1. The summed E-state index contributed by atoms with van der Waals surface area (Å²) in [6.45, 7) is 35.8. The monoisotopic (exact) mass is 1100 g/mol. The van der Waals surface area contributed by atoms with Gasteiger partial charge in [-0.3, -0.25) is 0 Å². The van der Waals surface area contributed by atoms with E-state index in [1.165, 1.54) is 56.9 Å². The minimum atomic E-state index is 0. The van der Waals surface area contributed by atoms with Crippen LogP contribution in [-0.2, 0) is 46.9 Å². The summed E-state index contributed by atoms with van der Waals surface area (Å²) in [5.41, 5.74) is 1.85. The Hall–Kier alpha value is 2.50. The molecule has 0 aliphatic heterocycles. The second-order valence-corrected chi connectivity index (χ2v) is 13.3. The Morgan fingerprint density at radius 1 is 0.789 bits per heavy atom. The van der Waals surface area contributed by atoms with Gasteiger partial charge in [0, 0.05) is 86.0 Å². The van der Waals surface area contributed by atoms with E-state index < -0.39 is 0 Å². The molecule has 0 unspecified atom stereocenters. The van der Waals surface area contributed by atoms with Crippen LogP contribution in [0.1, 0.15) is 140 Å². The molecule has 0 aromatic rings. The fourth-order valence-corrected chi connectivity index (χ4v) is 2.82. The maximum absolute atomic E-state index is 8.57. The Morgan fingerprint density at radius 2 is 1.05 bits per heavy atom. The molecule has 2 rings (SSSR count). The molecule has 0 aromatic carbocycles. The van der Waals surface area contributed by atoms with E-state index in [4.69, 9.17) is 9.84 Å². The molecule has 0 bridgehead atoms. The first-order chi connectivity index (χ1) is 16.3. The molecule has 0 spiro atoms. The predicted molar refractivity (Wildman–Crippen MR) is 184 cm³/mol. The van der Waals surface area contributed by atoms with Crippen LogP contribution in [0.2, 0.25) is 0 Å². The second kappa shape index (κ2) is 32.4. The molecule has 2 nitrogen and oxygen atoms in total. The summed E-state index contributed by atoms with van der Waals surface area (Å²) in [6, 6.07) is 0. The summed E-state index contributed by atoms with van der Waals surface area (Å²) < 4.78 is 5.86. The van der Waals surface area contributed by atoms with Crippen molar-refractivity contribution < 1.29 is 52.0 Å². The van der Waals surface area contributed by atoms with Gasteiger partial charge in [0.2, 0.25) is 0 Å². The van der Waals surface area contributed by atoms with Crippen LogP contribution in [0, 0.1) is 36.5 Å². The van der Waals surface area contributed by atoms with Crippen molar-refractivity contribution in [3.05, 3.63) is 26.0 Å². The van der Waals surface area contributed by atoms with Gasteiger partial charge in [-0.15, -0.1) is 6.58 Å². The first kappa shape index (κ1) is 53.1. The summed E-state index contributed by atoms with van der Waals surface area (Å²) in [5.74, 6) is 1.51. The van der Waals surface area contributed by atoms with Gasteiger partial charge >= 0.3 is 0 Å². The predicted octanol–water partition coefficient (Wildman–Crippen LogP) is 12.0.